The van der Waals surface area contributed by atoms with Gasteiger partial charge in [-0.3, -0.25) is 0 Å². The monoisotopic (exact) mass is 194 g/mol. The first-order valence-corrected chi connectivity index (χ1v) is 6.40. The van der Waals surface area contributed by atoms with E-state index in [-0.39, 0.29) is 0 Å². The van der Waals surface area contributed by atoms with E-state index in [0.717, 1.165) is 11.8 Å². The van der Waals surface area contributed by atoms with Crippen LogP contribution in [0.1, 0.15) is 65.7 Å². The Balaban J connectivity index is 2.29. The number of allylic oxidation sites excluding steroid dienone is 2. The van der Waals surface area contributed by atoms with Crippen molar-refractivity contribution < 1.29 is 0 Å². The fourth-order valence-corrected chi connectivity index (χ4v) is 2.42. The van der Waals surface area contributed by atoms with Gasteiger partial charge < -0.3 is 0 Å². The van der Waals surface area contributed by atoms with E-state index in [4.69, 9.17) is 0 Å². The molecule has 0 nitrogen and oxygen atoms in total. The second kappa shape index (κ2) is 6.27. The fourth-order valence-electron chi connectivity index (χ4n) is 2.42. The van der Waals surface area contributed by atoms with Gasteiger partial charge in [-0.1, -0.05) is 51.2 Å². The van der Waals surface area contributed by atoms with Gasteiger partial charge in [0.1, 0.15) is 0 Å². The Labute approximate surface area is 89.8 Å². The van der Waals surface area contributed by atoms with Crippen molar-refractivity contribution in [1.29, 1.82) is 0 Å². The van der Waals surface area contributed by atoms with E-state index in [9.17, 15) is 0 Å². The predicted octanol–water partition coefficient (Wildman–Crippen LogP) is 4.95. The third-order valence-corrected chi connectivity index (χ3v) is 3.68. The predicted molar refractivity (Wildman–Crippen MR) is 64.4 cm³/mol. The lowest BCUT2D eigenvalue weighted by Gasteiger charge is -2.26. The molecule has 1 saturated carbocycles. The van der Waals surface area contributed by atoms with Crippen LogP contribution in [-0.2, 0) is 0 Å². The molecule has 0 saturated heterocycles. The molecule has 1 fully saturated rings. The van der Waals surface area contributed by atoms with Crippen LogP contribution in [0.4, 0.5) is 0 Å². The molecule has 0 amide bonds. The van der Waals surface area contributed by atoms with Gasteiger partial charge in [0.2, 0.25) is 0 Å². The quantitative estimate of drug-likeness (QED) is 0.439. The number of unbranched alkanes of at least 4 members (excludes halogenated alkanes) is 2. The van der Waals surface area contributed by atoms with Gasteiger partial charge in [0.15, 0.2) is 0 Å². The second-order valence-corrected chi connectivity index (χ2v) is 5.05. The highest BCUT2D eigenvalue weighted by Gasteiger charge is 2.18. The van der Waals surface area contributed by atoms with Gasteiger partial charge in [0.25, 0.3) is 0 Å². The maximum atomic E-state index is 2.49. The van der Waals surface area contributed by atoms with E-state index in [0.29, 0.717) is 0 Å². The Morgan fingerprint density at radius 1 is 1.21 bits per heavy atom. The topological polar surface area (TPSA) is 0 Å². The van der Waals surface area contributed by atoms with Crippen LogP contribution in [0.25, 0.3) is 0 Å². The SMILES string of the molecule is CCCCC=C(C)C1CCC(C)CC1. The molecule has 0 N–H and O–H groups in total. The summed E-state index contributed by atoms with van der Waals surface area (Å²) in [5, 5.41) is 0. The minimum atomic E-state index is 0.919. The first-order valence-electron chi connectivity index (χ1n) is 6.40. The normalized spacial score (nSPS) is 29.2. The van der Waals surface area contributed by atoms with Crippen LogP contribution < -0.4 is 0 Å². The molecule has 1 aliphatic rings. The Hall–Kier alpha value is -0.260. The Morgan fingerprint density at radius 2 is 1.86 bits per heavy atom. The zero-order chi connectivity index (χ0) is 10.4. The molecule has 14 heavy (non-hydrogen) atoms. The van der Waals surface area contributed by atoms with E-state index >= 15 is 0 Å². The second-order valence-electron chi connectivity index (χ2n) is 5.05. The van der Waals surface area contributed by atoms with Crippen molar-refractivity contribution >= 4 is 0 Å². The summed E-state index contributed by atoms with van der Waals surface area (Å²) in [6, 6.07) is 0. The summed E-state index contributed by atoms with van der Waals surface area (Å²) in [7, 11) is 0. The molecule has 0 heterocycles. The minimum absolute atomic E-state index is 0.919. The Morgan fingerprint density at radius 3 is 2.43 bits per heavy atom. The molecular weight excluding hydrogens is 168 g/mol. The molecule has 0 atom stereocenters. The third-order valence-electron chi connectivity index (χ3n) is 3.68. The summed E-state index contributed by atoms with van der Waals surface area (Å²) < 4.78 is 0. The average molecular weight is 194 g/mol. The van der Waals surface area contributed by atoms with Crippen molar-refractivity contribution in [3.63, 3.8) is 0 Å². The molecule has 82 valence electrons. The summed E-state index contributed by atoms with van der Waals surface area (Å²) in [5.41, 5.74) is 1.67. The highest BCUT2D eigenvalue weighted by Crippen LogP contribution is 2.32. The van der Waals surface area contributed by atoms with Crippen LogP contribution in [0.3, 0.4) is 0 Å². The summed E-state index contributed by atoms with van der Waals surface area (Å²) in [6.07, 6.45) is 12.3. The van der Waals surface area contributed by atoms with E-state index in [1.807, 2.05) is 0 Å². The first kappa shape index (κ1) is 11.8. The lowest BCUT2D eigenvalue weighted by molar-refractivity contribution is 0.319. The average Bonchev–Trinajstić information content (AvgIpc) is 2.19. The number of hydrogen-bond donors (Lipinski definition) is 0. The molecule has 0 spiro atoms. The Bertz CT molecular complexity index is 170. The summed E-state index contributed by atoms with van der Waals surface area (Å²) in [6.45, 7) is 7.01. The van der Waals surface area contributed by atoms with Crippen molar-refractivity contribution in [3.05, 3.63) is 11.6 Å². The molecule has 0 aromatic heterocycles. The third kappa shape index (κ3) is 3.86. The number of rotatable bonds is 4. The lowest BCUT2D eigenvalue weighted by atomic mass is 9.79. The first-order chi connectivity index (χ1) is 6.74. The lowest BCUT2D eigenvalue weighted by Crippen LogP contribution is -2.13. The maximum Gasteiger partial charge on any atom is -0.0206 e. The molecular formula is C14H26. The number of hydrogen-bond acceptors (Lipinski definition) is 0. The molecule has 0 heteroatoms. The maximum absolute atomic E-state index is 2.49. The summed E-state index contributed by atoms with van der Waals surface area (Å²) in [5.74, 6) is 1.90. The van der Waals surface area contributed by atoms with Gasteiger partial charge in [-0.2, -0.15) is 0 Å². The van der Waals surface area contributed by atoms with Gasteiger partial charge in [0, 0.05) is 0 Å². The highest BCUT2D eigenvalue weighted by atomic mass is 14.2. The van der Waals surface area contributed by atoms with Crippen LogP contribution >= 0.6 is 0 Å². The molecule has 0 aromatic rings. The van der Waals surface area contributed by atoms with Gasteiger partial charge >= 0.3 is 0 Å². The van der Waals surface area contributed by atoms with Crippen LogP contribution in [0, 0.1) is 11.8 Å². The summed E-state index contributed by atoms with van der Waals surface area (Å²) >= 11 is 0. The van der Waals surface area contributed by atoms with Crippen molar-refractivity contribution in [2.75, 3.05) is 0 Å². The Kier molecular flexibility index (Phi) is 5.29. The van der Waals surface area contributed by atoms with Crippen LogP contribution in [0.15, 0.2) is 11.6 Å². The molecule has 0 unspecified atom stereocenters. The zero-order valence-corrected chi connectivity index (χ0v) is 10.2. The van der Waals surface area contributed by atoms with Crippen LogP contribution in [-0.4, -0.2) is 0 Å². The molecule has 1 aliphatic carbocycles. The standard InChI is InChI=1S/C14H26/c1-4-5-6-7-13(3)14-10-8-12(2)9-11-14/h7,12,14H,4-6,8-11H2,1-3H3. The van der Waals surface area contributed by atoms with E-state index in [1.54, 1.807) is 5.57 Å². The largest absolute Gasteiger partial charge is 0.0853 e. The summed E-state index contributed by atoms with van der Waals surface area (Å²) in [4.78, 5) is 0. The van der Waals surface area contributed by atoms with E-state index in [1.165, 1.54) is 44.9 Å². The van der Waals surface area contributed by atoms with E-state index < -0.39 is 0 Å². The van der Waals surface area contributed by atoms with Gasteiger partial charge in [-0.25, -0.2) is 0 Å². The molecule has 0 bridgehead atoms. The van der Waals surface area contributed by atoms with Gasteiger partial charge in [-0.15, -0.1) is 0 Å². The van der Waals surface area contributed by atoms with Gasteiger partial charge in [-0.05, 0) is 38.0 Å². The molecule has 0 radical (unpaired) electrons. The zero-order valence-electron chi connectivity index (χ0n) is 10.2. The smallest absolute Gasteiger partial charge is 0.0206 e. The van der Waals surface area contributed by atoms with Crippen LogP contribution in [0.5, 0.6) is 0 Å². The molecule has 0 aromatic carbocycles. The molecule has 0 aliphatic heterocycles. The van der Waals surface area contributed by atoms with E-state index in [2.05, 4.69) is 26.8 Å². The van der Waals surface area contributed by atoms with Crippen molar-refractivity contribution in [1.82, 2.24) is 0 Å². The molecule has 1 rings (SSSR count). The minimum Gasteiger partial charge on any atom is -0.0853 e. The highest BCUT2D eigenvalue weighted by molar-refractivity contribution is 5.04. The fraction of sp³-hybridized carbons (Fsp3) is 0.857. The van der Waals surface area contributed by atoms with Crippen molar-refractivity contribution in [2.24, 2.45) is 11.8 Å². The van der Waals surface area contributed by atoms with Crippen LogP contribution in [0.2, 0.25) is 0 Å². The van der Waals surface area contributed by atoms with Crippen molar-refractivity contribution in [2.45, 2.75) is 65.7 Å². The van der Waals surface area contributed by atoms with Crippen molar-refractivity contribution in [3.8, 4) is 0 Å². The van der Waals surface area contributed by atoms with Gasteiger partial charge in [0.05, 0.1) is 0 Å².